The minimum atomic E-state index is -4.44. The van der Waals surface area contributed by atoms with Gasteiger partial charge in [-0.15, -0.1) is 0 Å². The van der Waals surface area contributed by atoms with Crippen molar-refractivity contribution in [1.29, 1.82) is 0 Å². The van der Waals surface area contributed by atoms with Crippen molar-refractivity contribution >= 4 is 28.7 Å². The van der Waals surface area contributed by atoms with Crippen LogP contribution in [0.15, 0.2) is 53.7 Å². The maximum absolute atomic E-state index is 12.3. The van der Waals surface area contributed by atoms with Crippen LogP contribution in [0.3, 0.4) is 0 Å². The molecule has 1 heterocycles. The molecule has 3 aromatic rings. The molecule has 0 saturated carbocycles. The Morgan fingerprint density at radius 3 is 2.60 bits per heavy atom. The predicted octanol–water partition coefficient (Wildman–Crippen LogP) is 4.15. The average Bonchev–Trinajstić information content (AvgIpc) is 3.00. The molecule has 0 unspecified atom stereocenters. The van der Waals surface area contributed by atoms with Crippen LogP contribution >= 0.6 is 11.8 Å². The predicted molar refractivity (Wildman–Crippen MR) is 90.5 cm³/mol. The van der Waals surface area contributed by atoms with Gasteiger partial charge in [0.25, 0.3) is 5.91 Å². The van der Waals surface area contributed by atoms with Crippen molar-refractivity contribution in [3.05, 3.63) is 59.7 Å². The van der Waals surface area contributed by atoms with E-state index in [9.17, 15) is 18.0 Å². The molecule has 3 rings (SSSR count). The van der Waals surface area contributed by atoms with Crippen molar-refractivity contribution in [2.24, 2.45) is 0 Å². The fourth-order valence-corrected chi connectivity index (χ4v) is 3.18. The summed E-state index contributed by atoms with van der Waals surface area (Å²) in [6, 6.07) is 14.2. The Morgan fingerprint density at radius 1 is 1.12 bits per heavy atom. The van der Waals surface area contributed by atoms with Gasteiger partial charge in [-0.25, -0.2) is 4.98 Å². The molecule has 4 nitrogen and oxygen atoms in total. The number of nitrogens with zero attached hydrogens (tertiary/aromatic N) is 1. The number of para-hydroxylation sites is 2. The number of aromatic nitrogens is 2. The van der Waals surface area contributed by atoms with Crippen molar-refractivity contribution in [2.75, 3.05) is 6.54 Å². The average molecular weight is 365 g/mol. The highest BCUT2D eigenvalue weighted by Gasteiger charge is 2.28. The number of rotatable bonds is 5. The highest BCUT2D eigenvalue weighted by Crippen LogP contribution is 2.24. The number of hydrogen-bond donors (Lipinski definition) is 2. The van der Waals surface area contributed by atoms with Gasteiger partial charge in [0, 0.05) is 11.3 Å². The van der Waals surface area contributed by atoms with Crippen LogP contribution in [0.1, 0.15) is 15.9 Å². The summed E-state index contributed by atoms with van der Waals surface area (Å²) in [5.41, 5.74) is 2.62. The van der Waals surface area contributed by atoms with Crippen molar-refractivity contribution < 1.29 is 18.0 Å². The van der Waals surface area contributed by atoms with Crippen LogP contribution in [0.4, 0.5) is 13.2 Å². The number of amides is 1. The normalized spacial score (nSPS) is 11.6. The van der Waals surface area contributed by atoms with Crippen molar-refractivity contribution in [3.8, 4) is 0 Å². The second kappa shape index (κ2) is 7.18. The van der Waals surface area contributed by atoms with E-state index >= 15 is 0 Å². The van der Waals surface area contributed by atoms with Gasteiger partial charge in [0.1, 0.15) is 6.54 Å². The van der Waals surface area contributed by atoms with Gasteiger partial charge in [-0.3, -0.25) is 4.79 Å². The monoisotopic (exact) mass is 365 g/mol. The molecule has 25 heavy (non-hydrogen) atoms. The number of fused-ring (bicyclic) bond motifs is 1. The van der Waals surface area contributed by atoms with E-state index < -0.39 is 18.6 Å². The Kier molecular flexibility index (Phi) is 4.98. The molecule has 0 spiro atoms. The lowest BCUT2D eigenvalue weighted by molar-refractivity contribution is -0.123. The molecule has 0 bridgehead atoms. The minimum absolute atomic E-state index is 0.232. The quantitative estimate of drug-likeness (QED) is 0.668. The van der Waals surface area contributed by atoms with Gasteiger partial charge in [0.05, 0.1) is 11.0 Å². The number of carbonyl (C=O) groups excluding carboxylic acids is 1. The Hall–Kier alpha value is -2.48. The van der Waals surface area contributed by atoms with Crippen LogP contribution in [0.5, 0.6) is 0 Å². The molecule has 0 aliphatic carbocycles. The first kappa shape index (κ1) is 17.3. The molecule has 1 amide bonds. The lowest BCUT2D eigenvalue weighted by Crippen LogP contribution is -2.34. The molecule has 8 heteroatoms. The summed E-state index contributed by atoms with van der Waals surface area (Å²) in [5.74, 6) is -0.326. The number of alkyl halides is 3. The van der Waals surface area contributed by atoms with Crippen molar-refractivity contribution in [3.63, 3.8) is 0 Å². The van der Waals surface area contributed by atoms with Crippen LogP contribution in [0, 0.1) is 0 Å². The topological polar surface area (TPSA) is 57.8 Å². The smallest absolute Gasteiger partial charge is 0.343 e. The van der Waals surface area contributed by atoms with Crippen LogP contribution in [-0.4, -0.2) is 28.6 Å². The van der Waals surface area contributed by atoms with Crippen LogP contribution in [-0.2, 0) is 5.75 Å². The summed E-state index contributed by atoms with van der Waals surface area (Å²) in [4.78, 5) is 19.6. The fourth-order valence-electron chi connectivity index (χ4n) is 2.29. The SMILES string of the molecule is O=C(NCC(F)(F)F)c1ccccc1CSc1nc2ccccc2[nH]1. The van der Waals surface area contributed by atoms with E-state index in [1.165, 1.54) is 17.8 Å². The first-order valence-electron chi connectivity index (χ1n) is 7.43. The number of carbonyl (C=O) groups is 1. The van der Waals surface area contributed by atoms with Crippen LogP contribution < -0.4 is 5.32 Å². The number of thioether (sulfide) groups is 1. The third-order valence-corrected chi connectivity index (χ3v) is 4.37. The third kappa shape index (κ3) is 4.54. The molecule has 0 fully saturated rings. The summed E-state index contributed by atoms with van der Waals surface area (Å²) in [7, 11) is 0. The van der Waals surface area contributed by atoms with Crippen molar-refractivity contribution in [1.82, 2.24) is 15.3 Å². The van der Waals surface area contributed by atoms with Gasteiger partial charge in [0.15, 0.2) is 5.16 Å². The van der Waals surface area contributed by atoms with Crippen molar-refractivity contribution in [2.45, 2.75) is 17.1 Å². The second-order valence-electron chi connectivity index (χ2n) is 5.30. The number of H-pyrrole nitrogens is 1. The summed E-state index contributed by atoms with van der Waals surface area (Å²) >= 11 is 1.39. The maximum atomic E-state index is 12.3. The zero-order valence-electron chi connectivity index (χ0n) is 12.9. The largest absolute Gasteiger partial charge is 0.405 e. The Balaban J connectivity index is 1.71. The van der Waals surface area contributed by atoms with E-state index in [2.05, 4.69) is 9.97 Å². The number of hydrogen-bond acceptors (Lipinski definition) is 3. The number of halogens is 3. The first-order chi connectivity index (χ1) is 11.9. The Bertz CT molecular complexity index is 859. The molecule has 2 N–H and O–H groups in total. The zero-order chi connectivity index (χ0) is 17.9. The maximum Gasteiger partial charge on any atom is 0.405 e. The van der Waals surface area contributed by atoms with E-state index in [0.29, 0.717) is 16.5 Å². The number of nitrogens with one attached hydrogen (secondary N) is 2. The molecular formula is C17H14F3N3OS. The van der Waals surface area contributed by atoms with E-state index in [1.807, 2.05) is 29.6 Å². The lowest BCUT2D eigenvalue weighted by Gasteiger charge is -2.11. The van der Waals surface area contributed by atoms with Crippen LogP contribution in [0.25, 0.3) is 11.0 Å². The second-order valence-corrected chi connectivity index (χ2v) is 6.27. The third-order valence-electron chi connectivity index (χ3n) is 3.44. The Morgan fingerprint density at radius 2 is 1.84 bits per heavy atom. The van der Waals surface area contributed by atoms with Gasteiger partial charge in [-0.05, 0) is 23.8 Å². The highest BCUT2D eigenvalue weighted by atomic mass is 32.2. The number of benzene rings is 2. The summed E-state index contributed by atoms with van der Waals surface area (Å²) in [6.45, 7) is -1.35. The standard InChI is InChI=1S/C17H14F3N3OS/c18-17(19,20)10-21-15(24)12-6-2-1-5-11(12)9-25-16-22-13-7-3-4-8-14(13)23-16/h1-8H,9-10H2,(H,21,24)(H,22,23). The molecule has 130 valence electrons. The van der Waals surface area contributed by atoms with Gasteiger partial charge in [0.2, 0.25) is 0 Å². The van der Waals surface area contributed by atoms with E-state index in [0.717, 1.165) is 11.0 Å². The molecule has 0 aliphatic heterocycles. The number of imidazole rings is 1. The van der Waals surface area contributed by atoms with Gasteiger partial charge < -0.3 is 10.3 Å². The molecular weight excluding hydrogens is 351 g/mol. The molecule has 0 atom stereocenters. The van der Waals surface area contributed by atoms with Gasteiger partial charge >= 0.3 is 6.18 Å². The Labute approximate surface area is 145 Å². The zero-order valence-corrected chi connectivity index (χ0v) is 13.7. The van der Waals surface area contributed by atoms with Gasteiger partial charge in [-0.1, -0.05) is 42.1 Å². The molecule has 0 aliphatic rings. The number of aromatic amines is 1. The summed E-state index contributed by atoms with van der Waals surface area (Å²) in [6.07, 6.45) is -4.44. The summed E-state index contributed by atoms with van der Waals surface area (Å²) < 4.78 is 36.8. The van der Waals surface area contributed by atoms with E-state index in [-0.39, 0.29) is 5.56 Å². The highest BCUT2D eigenvalue weighted by molar-refractivity contribution is 7.98. The summed E-state index contributed by atoms with van der Waals surface area (Å²) in [5, 5.41) is 2.59. The molecule has 0 saturated heterocycles. The van der Waals surface area contributed by atoms with E-state index in [4.69, 9.17) is 0 Å². The molecule has 0 radical (unpaired) electrons. The van der Waals surface area contributed by atoms with Gasteiger partial charge in [-0.2, -0.15) is 13.2 Å². The molecule has 1 aromatic heterocycles. The fraction of sp³-hybridized carbons (Fsp3) is 0.176. The van der Waals surface area contributed by atoms with E-state index in [1.54, 1.807) is 18.2 Å². The minimum Gasteiger partial charge on any atom is -0.343 e. The van der Waals surface area contributed by atoms with Crippen LogP contribution in [0.2, 0.25) is 0 Å². The first-order valence-corrected chi connectivity index (χ1v) is 8.41. The lowest BCUT2D eigenvalue weighted by atomic mass is 10.1. The molecule has 2 aromatic carbocycles.